The quantitative estimate of drug-likeness (QED) is 0.623. The Labute approximate surface area is 165 Å². The third kappa shape index (κ3) is 2.96. The van der Waals surface area contributed by atoms with Crippen LogP contribution in [0, 0.1) is 11.3 Å². The van der Waals surface area contributed by atoms with Crippen LogP contribution in [0.2, 0.25) is 10.2 Å². The normalized spacial score (nSPS) is 14.4. The zero-order chi connectivity index (χ0) is 19.0. The van der Waals surface area contributed by atoms with Crippen LogP contribution < -0.4 is 9.64 Å². The molecule has 3 heterocycles. The van der Waals surface area contributed by atoms with Gasteiger partial charge in [-0.1, -0.05) is 23.2 Å². The summed E-state index contributed by atoms with van der Waals surface area (Å²) in [6.07, 6.45) is 0. The molecule has 0 aliphatic carbocycles. The van der Waals surface area contributed by atoms with Gasteiger partial charge < -0.3 is 14.4 Å². The highest BCUT2D eigenvalue weighted by molar-refractivity contribution is 6.38. The summed E-state index contributed by atoms with van der Waals surface area (Å²) in [7, 11) is 1.60. The fourth-order valence-electron chi connectivity index (χ4n) is 3.15. The molecule has 138 valence electrons. The summed E-state index contributed by atoms with van der Waals surface area (Å²) in [6, 6.07) is 9.52. The minimum Gasteiger partial charge on any atom is -0.497 e. The molecule has 0 bridgehead atoms. The lowest BCUT2D eigenvalue weighted by molar-refractivity contribution is 0.122. The highest BCUT2D eigenvalue weighted by atomic mass is 35.5. The number of methoxy groups -OCH3 is 1. The van der Waals surface area contributed by atoms with Crippen LogP contribution in [0.4, 0.5) is 5.69 Å². The lowest BCUT2D eigenvalue weighted by Crippen LogP contribution is -2.37. The summed E-state index contributed by atoms with van der Waals surface area (Å²) in [5.41, 5.74) is 2.07. The number of pyridine rings is 1. The van der Waals surface area contributed by atoms with Crippen molar-refractivity contribution in [3.63, 3.8) is 0 Å². The van der Waals surface area contributed by atoms with E-state index >= 15 is 0 Å². The molecule has 1 aliphatic rings. The minimum atomic E-state index is 0.231. The molecule has 7 nitrogen and oxygen atoms in total. The Morgan fingerprint density at radius 2 is 1.85 bits per heavy atom. The van der Waals surface area contributed by atoms with Gasteiger partial charge in [0.15, 0.2) is 11.5 Å². The van der Waals surface area contributed by atoms with Crippen molar-refractivity contribution in [3.8, 4) is 23.2 Å². The number of hydrogen-bond acceptors (Lipinski definition) is 6. The van der Waals surface area contributed by atoms with E-state index in [0.29, 0.717) is 54.0 Å². The number of nitrogens with zero attached hydrogens (tertiary/aromatic N) is 5. The number of ether oxygens (including phenoxy) is 2. The number of benzene rings is 1. The second kappa shape index (κ2) is 7.24. The van der Waals surface area contributed by atoms with Gasteiger partial charge in [0.25, 0.3) is 0 Å². The van der Waals surface area contributed by atoms with Crippen molar-refractivity contribution in [3.05, 3.63) is 40.0 Å². The molecule has 0 radical (unpaired) electrons. The van der Waals surface area contributed by atoms with Gasteiger partial charge in [-0.3, -0.25) is 4.40 Å². The summed E-state index contributed by atoms with van der Waals surface area (Å²) < 4.78 is 12.2. The van der Waals surface area contributed by atoms with Gasteiger partial charge in [-0.05, 0) is 24.3 Å². The number of hydrogen-bond donors (Lipinski definition) is 0. The van der Waals surface area contributed by atoms with Crippen LogP contribution in [0.25, 0.3) is 17.0 Å². The molecule has 0 N–H and O–H groups in total. The predicted octanol–water partition coefficient (Wildman–Crippen LogP) is 3.42. The first kappa shape index (κ1) is 17.9. The molecule has 1 fully saturated rings. The zero-order valence-electron chi connectivity index (χ0n) is 14.4. The van der Waals surface area contributed by atoms with E-state index in [0.717, 1.165) is 11.3 Å². The number of aromatic nitrogens is 3. The van der Waals surface area contributed by atoms with Crippen molar-refractivity contribution in [2.24, 2.45) is 0 Å². The SMILES string of the molecule is COc1ccc(-c2nnc3c(Cl)c(N4CCOCC4)c(C#N)c(Cl)n23)cc1. The third-order valence-electron chi connectivity index (χ3n) is 4.49. The van der Waals surface area contributed by atoms with Gasteiger partial charge in [-0.25, -0.2) is 0 Å². The first-order chi connectivity index (χ1) is 13.2. The molecule has 9 heteroatoms. The summed E-state index contributed by atoms with van der Waals surface area (Å²) in [4.78, 5) is 2.00. The molecule has 1 aliphatic heterocycles. The van der Waals surface area contributed by atoms with Crippen LogP contribution in [0.3, 0.4) is 0 Å². The summed E-state index contributed by atoms with van der Waals surface area (Å²) in [5, 5.41) is 18.8. The molecular weight excluding hydrogens is 389 g/mol. The second-order valence-electron chi connectivity index (χ2n) is 5.95. The van der Waals surface area contributed by atoms with E-state index in [1.165, 1.54) is 0 Å². The van der Waals surface area contributed by atoms with Crippen LogP contribution in [0.1, 0.15) is 5.56 Å². The van der Waals surface area contributed by atoms with Gasteiger partial charge in [0.05, 0.1) is 26.0 Å². The van der Waals surface area contributed by atoms with E-state index < -0.39 is 0 Å². The molecule has 27 heavy (non-hydrogen) atoms. The topological polar surface area (TPSA) is 75.7 Å². The maximum Gasteiger partial charge on any atom is 0.183 e. The Morgan fingerprint density at radius 1 is 1.15 bits per heavy atom. The molecule has 2 aromatic heterocycles. The molecule has 4 rings (SSSR count). The van der Waals surface area contributed by atoms with E-state index in [1.807, 2.05) is 29.2 Å². The number of fused-ring (bicyclic) bond motifs is 1. The highest BCUT2D eigenvalue weighted by Crippen LogP contribution is 2.39. The second-order valence-corrected chi connectivity index (χ2v) is 6.69. The number of halogens is 2. The number of rotatable bonds is 3. The van der Waals surface area contributed by atoms with Crippen molar-refractivity contribution < 1.29 is 9.47 Å². The third-order valence-corrected chi connectivity index (χ3v) is 5.20. The largest absolute Gasteiger partial charge is 0.497 e. The molecule has 0 spiro atoms. The molecule has 1 saturated heterocycles. The van der Waals surface area contributed by atoms with Crippen molar-refractivity contribution in [1.29, 1.82) is 5.26 Å². The van der Waals surface area contributed by atoms with Crippen molar-refractivity contribution in [1.82, 2.24) is 14.6 Å². The molecule has 0 unspecified atom stereocenters. The Bertz CT molecular complexity index is 1040. The van der Waals surface area contributed by atoms with Gasteiger partial charge in [0.2, 0.25) is 0 Å². The van der Waals surface area contributed by atoms with Crippen LogP contribution in [-0.4, -0.2) is 48.0 Å². The molecule has 3 aromatic rings. The summed E-state index contributed by atoms with van der Waals surface area (Å²) >= 11 is 13.3. The van der Waals surface area contributed by atoms with Gasteiger partial charge in [-0.2, -0.15) is 5.26 Å². The van der Waals surface area contributed by atoms with Crippen LogP contribution in [0.5, 0.6) is 5.75 Å². The number of nitriles is 1. The van der Waals surface area contributed by atoms with Crippen LogP contribution in [0.15, 0.2) is 24.3 Å². The molecule has 0 amide bonds. The van der Waals surface area contributed by atoms with E-state index in [2.05, 4.69) is 16.3 Å². The average molecular weight is 404 g/mol. The summed E-state index contributed by atoms with van der Waals surface area (Å²) in [5.74, 6) is 1.23. The Hall–Kier alpha value is -2.53. The monoisotopic (exact) mass is 403 g/mol. The predicted molar refractivity (Wildman–Crippen MR) is 103 cm³/mol. The Morgan fingerprint density at radius 3 is 2.48 bits per heavy atom. The highest BCUT2D eigenvalue weighted by Gasteiger charge is 2.26. The lowest BCUT2D eigenvalue weighted by atomic mass is 10.2. The van der Waals surface area contributed by atoms with Gasteiger partial charge in [-0.15, -0.1) is 10.2 Å². The van der Waals surface area contributed by atoms with Gasteiger partial charge in [0, 0.05) is 18.7 Å². The van der Waals surface area contributed by atoms with Gasteiger partial charge >= 0.3 is 0 Å². The van der Waals surface area contributed by atoms with Gasteiger partial charge in [0.1, 0.15) is 27.6 Å². The zero-order valence-corrected chi connectivity index (χ0v) is 16.0. The van der Waals surface area contributed by atoms with Crippen molar-refractivity contribution in [2.45, 2.75) is 0 Å². The number of morpholine rings is 1. The fraction of sp³-hybridized carbons (Fsp3) is 0.278. The van der Waals surface area contributed by atoms with Crippen molar-refractivity contribution in [2.75, 3.05) is 38.3 Å². The smallest absolute Gasteiger partial charge is 0.183 e. The number of anilines is 1. The minimum absolute atomic E-state index is 0.231. The average Bonchev–Trinajstić information content (AvgIpc) is 3.17. The van der Waals surface area contributed by atoms with Crippen molar-refractivity contribution >= 4 is 34.5 Å². The fourth-order valence-corrected chi connectivity index (χ4v) is 3.78. The van der Waals surface area contributed by atoms with Crippen LogP contribution in [-0.2, 0) is 4.74 Å². The Balaban J connectivity index is 1.92. The first-order valence-electron chi connectivity index (χ1n) is 8.29. The maximum absolute atomic E-state index is 9.76. The standard InChI is InChI=1S/C18H15Cl2N5O2/c1-26-12-4-2-11(3-5-12)17-22-23-18-14(19)15(24-6-8-27-9-7-24)13(10-21)16(20)25(17)18/h2-5H,6-9H2,1H3. The lowest BCUT2D eigenvalue weighted by Gasteiger charge is -2.30. The molecular formula is C18H15Cl2N5O2. The van der Waals surface area contributed by atoms with Crippen LogP contribution >= 0.6 is 23.2 Å². The maximum atomic E-state index is 9.76. The molecule has 0 saturated carbocycles. The Kier molecular flexibility index (Phi) is 4.79. The summed E-state index contributed by atoms with van der Waals surface area (Å²) in [6.45, 7) is 2.38. The van der Waals surface area contributed by atoms with E-state index in [-0.39, 0.29) is 5.15 Å². The first-order valence-corrected chi connectivity index (χ1v) is 9.04. The van der Waals surface area contributed by atoms with E-state index in [4.69, 9.17) is 32.7 Å². The molecule has 0 atom stereocenters. The van der Waals surface area contributed by atoms with E-state index in [1.54, 1.807) is 11.5 Å². The molecule has 1 aromatic carbocycles. The van der Waals surface area contributed by atoms with E-state index in [9.17, 15) is 5.26 Å².